The van der Waals surface area contributed by atoms with Crippen LogP contribution in [-0.2, 0) is 23.9 Å². The highest BCUT2D eigenvalue weighted by atomic mass is 35.5. The molecule has 3 aliphatic rings. The van der Waals surface area contributed by atoms with Crippen molar-refractivity contribution in [2.45, 2.75) is 70.7 Å². The molecule has 0 saturated carbocycles. The normalized spacial score (nSPS) is 31.0. The van der Waals surface area contributed by atoms with Gasteiger partial charge in [-0.05, 0) is 51.2 Å². The van der Waals surface area contributed by atoms with Gasteiger partial charge < -0.3 is 24.4 Å². The maximum absolute atomic E-state index is 14.6. The van der Waals surface area contributed by atoms with Crippen LogP contribution >= 0.6 is 11.6 Å². The molecule has 2 amide bonds. The second kappa shape index (κ2) is 10.0. The zero-order valence-corrected chi connectivity index (χ0v) is 23.0. The van der Waals surface area contributed by atoms with Gasteiger partial charge in [-0.3, -0.25) is 14.4 Å². The molecule has 3 fully saturated rings. The smallest absolute Gasteiger partial charge is 0.312 e. The minimum Gasteiger partial charge on any atom is -0.466 e. The molecule has 37 heavy (non-hydrogen) atoms. The number of esters is 1. The van der Waals surface area contributed by atoms with Crippen molar-refractivity contribution in [1.29, 1.82) is 0 Å². The zero-order valence-electron chi connectivity index (χ0n) is 22.2. The van der Waals surface area contributed by atoms with Crippen LogP contribution in [0, 0.1) is 24.7 Å². The molecule has 1 aromatic rings. The first-order chi connectivity index (χ1) is 17.5. The van der Waals surface area contributed by atoms with Crippen LogP contribution in [-0.4, -0.2) is 70.8 Å². The number of nitrogens with zero attached hydrogens (tertiary/aromatic N) is 2. The van der Waals surface area contributed by atoms with E-state index in [-0.39, 0.29) is 37.5 Å². The van der Waals surface area contributed by atoms with Crippen LogP contribution in [0.2, 0.25) is 5.02 Å². The summed E-state index contributed by atoms with van der Waals surface area (Å²) in [5, 5.41) is 10.8. The summed E-state index contributed by atoms with van der Waals surface area (Å²) in [5.74, 6) is -3.10. The van der Waals surface area contributed by atoms with Gasteiger partial charge in [0.15, 0.2) is 0 Å². The summed E-state index contributed by atoms with van der Waals surface area (Å²) in [5.41, 5.74) is -0.819. The van der Waals surface area contributed by atoms with Crippen molar-refractivity contribution in [1.82, 2.24) is 4.90 Å². The first kappa shape index (κ1) is 27.6. The quantitative estimate of drug-likeness (QED) is 0.386. The summed E-state index contributed by atoms with van der Waals surface area (Å²) >= 11 is 6.58. The van der Waals surface area contributed by atoms with E-state index in [1.54, 1.807) is 19.1 Å². The van der Waals surface area contributed by atoms with E-state index in [4.69, 9.17) is 21.1 Å². The third-order valence-electron chi connectivity index (χ3n) is 8.34. The Morgan fingerprint density at radius 3 is 2.65 bits per heavy atom. The number of ether oxygens (including phenoxy) is 2. The molecular formula is C28H37ClN2O6. The molecule has 0 aromatic heterocycles. The highest BCUT2D eigenvalue weighted by Crippen LogP contribution is 2.64. The molecule has 3 saturated heterocycles. The molecule has 2 bridgehead atoms. The predicted molar refractivity (Wildman–Crippen MR) is 140 cm³/mol. The number of aryl methyl sites for hydroxylation is 1. The number of aliphatic hydroxyl groups is 1. The number of hydrogen-bond donors (Lipinski definition) is 1. The summed E-state index contributed by atoms with van der Waals surface area (Å²) in [6.07, 6.45) is 2.55. The van der Waals surface area contributed by atoms with E-state index in [9.17, 15) is 19.5 Å². The Morgan fingerprint density at radius 1 is 1.38 bits per heavy atom. The average molecular weight is 533 g/mol. The third-order valence-corrected chi connectivity index (χ3v) is 8.64. The number of benzene rings is 1. The fraction of sp³-hybridized carbons (Fsp3) is 0.607. The zero-order chi connectivity index (χ0) is 27.3. The first-order valence-electron chi connectivity index (χ1n) is 13.0. The van der Waals surface area contributed by atoms with E-state index >= 15 is 0 Å². The van der Waals surface area contributed by atoms with Crippen molar-refractivity contribution in [2.75, 3.05) is 24.7 Å². The number of carbonyl (C=O) groups excluding carboxylic acids is 3. The van der Waals surface area contributed by atoms with E-state index in [1.165, 1.54) is 9.80 Å². The van der Waals surface area contributed by atoms with Gasteiger partial charge in [0.05, 0.1) is 41.5 Å². The largest absolute Gasteiger partial charge is 0.466 e. The molecule has 0 radical (unpaired) electrons. The molecule has 8 nitrogen and oxygen atoms in total. The van der Waals surface area contributed by atoms with Crippen molar-refractivity contribution >= 4 is 35.1 Å². The monoisotopic (exact) mass is 532 g/mol. The minimum atomic E-state index is -1.22. The van der Waals surface area contributed by atoms with Crippen molar-refractivity contribution < 1.29 is 29.0 Å². The Bertz CT molecular complexity index is 1090. The Labute approximate surface area is 223 Å². The molecule has 1 N–H and O–H groups in total. The summed E-state index contributed by atoms with van der Waals surface area (Å²) in [7, 11) is 0. The van der Waals surface area contributed by atoms with Gasteiger partial charge in [-0.15, -0.1) is 6.58 Å². The van der Waals surface area contributed by atoms with Crippen molar-refractivity contribution in [3.63, 3.8) is 0 Å². The fourth-order valence-electron chi connectivity index (χ4n) is 6.74. The molecule has 3 heterocycles. The van der Waals surface area contributed by atoms with E-state index in [2.05, 4.69) is 6.58 Å². The number of halogens is 1. The molecule has 3 aliphatic heterocycles. The maximum atomic E-state index is 14.6. The Balaban J connectivity index is 1.90. The molecule has 4 rings (SSSR count). The predicted octanol–water partition coefficient (Wildman–Crippen LogP) is 3.51. The van der Waals surface area contributed by atoms with Crippen LogP contribution in [0.4, 0.5) is 5.69 Å². The van der Waals surface area contributed by atoms with Gasteiger partial charge in [0.2, 0.25) is 5.91 Å². The van der Waals surface area contributed by atoms with Crippen LogP contribution in [0.15, 0.2) is 30.9 Å². The standard InChI is InChI=1S/C28H37ClN2O6/c1-7-14-30(22-17(5)10-9-11-18(22)29)25(34)23-28-13-12-27(6,37-28)21(26(35)36-8-2)20(28)24(33)31(23)19(15-32)16(3)4/h7,9-11,16,19-21,23,32H,1,8,12-15H2,2-6H3/t19-,20-,21-,23?,27+,28?/m0/s1. The molecule has 6 atom stereocenters. The third kappa shape index (κ3) is 4.08. The number of likely N-dealkylation sites (tertiary alicyclic amines) is 1. The lowest BCUT2D eigenvalue weighted by molar-refractivity contribution is -0.160. The van der Waals surface area contributed by atoms with E-state index in [1.807, 2.05) is 39.8 Å². The molecular weight excluding hydrogens is 496 g/mol. The van der Waals surface area contributed by atoms with Crippen LogP contribution in [0.1, 0.15) is 46.1 Å². The summed E-state index contributed by atoms with van der Waals surface area (Å²) in [6, 6.07) is 3.69. The number of amides is 2. The number of rotatable bonds is 9. The first-order valence-corrected chi connectivity index (χ1v) is 13.3. The number of carbonyl (C=O) groups is 3. The van der Waals surface area contributed by atoms with Gasteiger partial charge in [-0.25, -0.2) is 0 Å². The lowest BCUT2D eigenvalue weighted by atomic mass is 9.66. The van der Waals surface area contributed by atoms with E-state index < -0.39 is 41.1 Å². The second-order valence-corrected chi connectivity index (χ2v) is 11.3. The number of hydrogen-bond acceptors (Lipinski definition) is 6. The summed E-state index contributed by atoms with van der Waals surface area (Å²) in [6.45, 7) is 13.0. The summed E-state index contributed by atoms with van der Waals surface area (Å²) < 4.78 is 12.0. The minimum absolute atomic E-state index is 0.150. The van der Waals surface area contributed by atoms with Crippen molar-refractivity contribution in [3.8, 4) is 0 Å². The number of fused-ring (bicyclic) bond motifs is 1. The molecule has 9 heteroatoms. The van der Waals surface area contributed by atoms with Crippen LogP contribution in [0.5, 0.6) is 0 Å². The van der Waals surface area contributed by atoms with Gasteiger partial charge in [0.1, 0.15) is 17.6 Å². The number of anilines is 1. The van der Waals surface area contributed by atoms with Gasteiger partial charge in [-0.1, -0.05) is 43.7 Å². The Kier molecular flexibility index (Phi) is 7.49. The highest BCUT2D eigenvalue weighted by Gasteiger charge is 2.79. The van der Waals surface area contributed by atoms with Crippen molar-refractivity contribution in [3.05, 3.63) is 41.4 Å². The molecule has 202 valence electrons. The van der Waals surface area contributed by atoms with Crippen LogP contribution in [0.3, 0.4) is 0 Å². The number of aliphatic hydroxyl groups excluding tert-OH is 1. The van der Waals surface area contributed by atoms with Crippen LogP contribution < -0.4 is 4.90 Å². The lowest BCUT2D eigenvalue weighted by Crippen LogP contribution is -2.60. The van der Waals surface area contributed by atoms with Gasteiger partial charge in [0.25, 0.3) is 5.91 Å². The Hall–Kier alpha value is -2.42. The van der Waals surface area contributed by atoms with Gasteiger partial charge >= 0.3 is 5.97 Å². The van der Waals surface area contributed by atoms with E-state index in [0.29, 0.717) is 23.6 Å². The van der Waals surface area contributed by atoms with Gasteiger partial charge in [-0.2, -0.15) is 0 Å². The van der Waals surface area contributed by atoms with Gasteiger partial charge in [0, 0.05) is 6.54 Å². The highest BCUT2D eigenvalue weighted by molar-refractivity contribution is 6.34. The average Bonchev–Trinajstić information content (AvgIpc) is 3.39. The SMILES string of the molecule is C=CCN(C(=O)C1N([C@@H](CO)C(C)C)C(=O)[C@@H]2[C@@H](C(=O)OCC)[C@@]3(C)CCC12O3)c1c(C)cccc1Cl. The lowest BCUT2D eigenvalue weighted by Gasteiger charge is -2.41. The number of para-hydroxylation sites is 1. The van der Waals surface area contributed by atoms with Crippen LogP contribution in [0.25, 0.3) is 0 Å². The molecule has 2 unspecified atom stereocenters. The van der Waals surface area contributed by atoms with Crippen molar-refractivity contribution in [2.24, 2.45) is 17.8 Å². The molecule has 0 aliphatic carbocycles. The topological polar surface area (TPSA) is 96.4 Å². The molecule has 1 spiro atoms. The maximum Gasteiger partial charge on any atom is 0.312 e. The Morgan fingerprint density at radius 2 is 2.08 bits per heavy atom. The molecule has 1 aromatic carbocycles. The fourth-order valence-corrected chi connectivity index (χ4v) is 7.07. The second-order valence-electron chi connectivity index (χ2n) is 10.9. The van der Waals surface area contributed by atoms with E-state index in [0.717, 1.165) is 5.56 Å². The summed E-state index contributed by atoms with van der Waals surface area (Å²) in [4.78, 5) is 45.0.